The van der Waals surface area contributed by atoms with Gasteiger partial charge in [-0.1, -0.05) is 12.1 Å². The van der Waals surface area contributed by atoms with Gasteiger partial charge in [-0.3, -0.25) is 9.36 Å². The molecule has 132 valence electrons. The monoisotopic (exact) mass is 366 g/mol. The molecule has 0 spiro atoms. The highest BCUT2D eigenvalue weighted by molar-refractivity contribution is 7.18. The number of rotatable bonds is 2. The third kappa shape index (κ3) is 2.49. The van der Waals surface area contributed by atoms with Crippen LogP contribution in [0, 0.1) is 27.7 Å². The molecule has 1 aromatic carbocycles. The van der Waals surface area contributed by atoms with Gasteiger partial charge < -0.3 is 4.42 Å². The van der Waals surface area contributed by atoms with E-state index in [-0.39, 0.29) is 12.1 Å². The second-order valence-electron chi connectivity index (χ2n) is 6.62. The maximum atomic E-state index is 12.9. The lowest BCUT2D eigenvalue weighted by atomic mass is 10.0. The molecular weight excluding hydrogens is 348 g/mol. The molecule has 0 N–H and O–H groups in total. The van der Waals surface area contributed by atoms with Crippen LogP contribution in [0.15, 0.2) is 38.5 Å². The Kier molecular flexibility index (Phi) is 3.80. The summed E-state index contributed by atoms with van der Waals surface area (Å²) < 4.78 is 6.98. The highest BCUT2D eigenvalue weighted by Crippen LogP contribution is 2.26. The Balaban J connectivity index is 1.93. The van der Waals surface area contributed by atoms with Gasteiger partial charge in [0.2, 0.25) is 0 Å². The third-order valence-corrected chi connectivity index (χ3v) is 6.13. The van der Waals surface area contributed by atoms with Gasteiger partial charge in [0.25, 0.3) is 5.56 Å². The number of aryl methyl sites for hydroxylation is 4. The van der Waals surface area contributed by atoms with Gasteiger partial charge in [-0.2, -0.15) is 0 Å². The lowest BCUT2D eigenvalue weighted by molar-refractivity contribution is 0.554. The van der Waals surface area contributed by atoms with Crippen molar-refractivity contribution < 1.29 is 4.42 Å². The second kappa shape index (κ2) is 5.92. The first-order valence-electron chi connectivity index (χ1n) is 8.35. The summed E-state index contributed by atoms with van der Waals surface area (Å²) in [5.74, 6) is 0. The van der Waals surface area contributed by atoms with Gasteiger partial charge >= 0.3 is 5.63 Å². The van der Waals surface area contributed by atoms with Crippen molar-refractivity contribution in [1.29, 1.82) is 0 Å². The Hall–Kier alpha value is -2.73. The van der Waals surface area contributed by atoms with Gasteiger partial charge in [-0.05, 0) is 49.9 Å². The minimum Gasteiger partial charge on any atom is -0.422 e. The Labute approximate surface area is 153 Å². The van der Waals surface area contributed by atoms with E-state index in [4.69, 9.17) is 4.42 Å². The maximum absolute atomic E-state index is 12.9. The number of fused-ring (bicyclic) bond motifs is 2. The van der Waals surface area contributed by atoms with E-state index in [1.165, 1.54) is 17.4 Å². The highest BCUT2D eigenvalue weighted by atomic mass is 32.1. The quantitative estimate of drug-likeness (QED) is 0.506. The number of hydrogen-bond donors (Lipinski definition) is 0. The van der Waals surface area contributed by atoms with E-state index in [0.717, 1.165) is 37.3 Å². The van der Waals surface area contributed by atoms with Crippen molar-refractivity contribution in [2.45, 2.75) is 34.2 Å². The second-order valence-corrected chi connectivity index (χ2v) is 7.82. The fraction of sp³-hybridized carbons (Fsp3) is 0.250. The molecule has 0 saturated carbocycles. The first-order valence-corrected chi connectivity index (χ1v) is 9.16. The molecule has 0 atom stereocenters. The van der Waals surface area contributed by atoms with Crippen LogP contribution in [0.1, 0.15) is 27.1 Å². The molecule has 0 aliphatic carbocycles. The van der Waals surface area contributed by atoms with E-state index in [1.54, 1.807) is 10.9 Å². The van der Waals surface area contributed by atoms with E-state index < -0.39 is 5.63 Å². The summed E-state index contributed by atoms with van der Waals surface area (Å²) in [6.07, 6.45) is 1.56. The fourth-order valence-corrected chi connectivity index (χ4v) is 4.21. The van der Waals surface area contributed by atoms with Crippen LogP contribution >= 0.6 is 11.3 Å². The molecule has 0 bridgehead atoms. The van der Waals surface area contributed by atoms with Crippen LogP contribution in [-0.4, -0.2) is 9.55 Å². The molecule has 26 heavy (non-hydrogen) atoms. The zero-order chi connectivity index (χ0) is 18.6. The van der Waals surface area contributed by atoms with Crippen LogP contribution in [0.5, 0.6) is 0 Å². The van der Waals surface area contributed by atoms with Crippen molar-refractivity contribution in [2.24, 2.45) is 0 Å². The molecule has 0 saturated heterocycles. The molecular formula is C20H18N2O3S. The van der Waals surface area contributed by atoms with Crippen molar-refractivity contribution in [3.63, 3.8) is 0 Å². The van der Waals surface area contributed by atoms with E-state index >= 15 is 0 Å². The molecule has 0 aliphatic heterocycles. The maximum Gasteiger partial charge on any atom is 0.336 e. The average molecular weight is 366 g/mol. The predicted octanol–water partition coefficient (Wildman–Crippen LogP) is 3.85. The smallest absolute Gasteiger partial charge is 0.336 e. The molecule has 0 aliphatic rings. The Morgan fingerprint density at radius 1 is 1.12 bits per heavy atom. The van der Waals surface area contributed by atoms with Crippen molar-refractivity contribution in [3.05, 3.63) is 72.4 Å². The lowest BCUT2D eigenvalue weighted by Gasteiger charge is -2.10. The zero-order valence-corrected chi connectivity index (χ0v) is 15.9. The predicted molar refractivity (Wildman–Crippen MR) is 104 cm³/mol. The third-order valence-electron chi connectivity index (χ3n) is 5.01. The van der Waals surface area contributed by atoms with E-state index in [9.17, 15) is 9.59 Å². The average Bonchev–Trinajstić information content (AvgIpc) is 2.89. The topological polar surface area (TPSA) is 65.1 Å². The van der Waals surface area contributed by atoms with Gasteiger partial charge in [0.15, 0.2) is 0 Å². The molecule has 3 heterocycles. The number of aromatic nitrogens is 2. The number of hydrogen-bond acceptors (Lipinski definition) is 5. The molecule has 4 rings (SSSR count). The summed E-state index contributed by atoms with van der Waals surface area (Å²) >= 11 is 1.53. The number of benzene rings is 1. The normalized spacial score (nSPS) is 11.5. The van der Waals surface area contributed by atoms with E-state index in [2.05, 4.69) is 4.98 Å². The van der Waals surface area contributed by atoms with Crippen molar-refractivity contribution >= 4 is 32.5 Å². The van der Waals surface area contributed by atoms with Crippen LogP contribution in [0.25, 0.3) is 21.2 Å². The first-order chi connectivity index (χ1) is 12.4. The van der Waals surface area contributed by atoms with Crippen molar-refractivity contribution in [2.75, 3.05) is 0 Å². The van der Waals surface area contributed by atoms with Gasteiger partial charge in [0.1, 0.15) is 10.4 Å². The largest absolute Gasteiger partial charge is 0.422 e. The van der Waals surface area contributed by atoms with Gasteiger partial charge in [0.05, 0.1) is 18.3 Å². The summed E-state index contributed by atoms with van der Waals surface area (Å²) in [6, 6.07) is 5.39. The van der Waals surface area contributed by atoms with Crippen LogP contribution in [0.3, 0.4) is 0 Å². The Bertz CT molecular complexity index is 1290. The van der Waals surface area contributed by atoms with E-state index in [0.29, 0.717) is 11.0 Å². The molecule has 0 radical (unpaired) electrons. The molecule has 3 aromatic heterocycles. The molecule has 4 aromatic rings. The van der Waals surface area contributed by atoms with Crippen LogP contribution in [0.4, 0.5) is 0 Å². The zero-order valence-electron chi connectivity index (χ0n) is 15.0. The molecule has 0 unspecified atom stereocenters. The summed E-state index contributed by atoms with van der Waals surface area (Å²) in [7, 11) is 0. The number of thiophene rings is 1. The molecule has 5 nitrogen and oxygen atoms in total. The van der Waals surface area contributed by atoms with Gasteiger partial charge in [-0.15, -0.1) is 11.3 Å². The minimum absolute atomic E-state index is 0.0814. The van der Waals surface area contributed by atoms with Crippen molar-refractivity contribution in [3.8, 4) is 0 Å². The lowest BCUT2D eigenvalue weighted by Crippen LogP contribution is -2.21. The molecule has 0 fully saturated rings. The molecule has 0 amide bonds. The summed E-state index contributed by atoms with van der Waals surface area (Å²) in [5, 5.41) is 1.51. The fourth-order valence-electron chi connectivity index (χ4n) is 3.22. The minimum atomic E-state index is -0.411. The Morgan fingerprint density at radius 2 is 1.88 bits per heavy atom. The van der Waals surface area contributed by atoms with Crippen LogP contribution < -0.4 is 11.2 Å². The van der Waals surface area contributed by atoms with Crippen LogP contribution in [-0.2, 0) is 6.54 Å². The summed E-state index contributed by atoms with van der Waals surface area (Å²) in [6.45, 7) is 8.13. The number of nitrogens with zero attached hydrogens (tertiary/aromatic N) is 2. The van der Waals surface area contributed by atoms with Crippen LogP contribution in [0.2, 0.25) is 0 Å². The van der Waals surface area contributed by atoms with E-state index in [1.807, 2.05) is 39.8 Å². The van der Waals surface area contributed by atoms with Crippen molar-refractivity contribution in [1.82, 2.24) is 9.55 Å². The SMILES string of the molecule is Cc1ccc2c(Cn3cnc4sc(C)c(C)c4c3=O)cc(=O)oc2c1C. The molecule has 6 heteroatoms. The first kappa shape index (κ1) is 16.7. The van der Waals surface area contributed by atoms with Gasteiger partial charge in [0, 0.05) is 16.3 Å². The summed E-state index contributed by atoms with van der Waals surface area (Å²) in [4.78, 5) is 31.3. The standard InChI is InChI=1S/C20H18N2O3S/c1-10-5-6-15-14(7-16(23)25-18(15)11(10)2)8-22-9-21-19-17(20(22)24)12(3)13(4)26-19/h5-7,9H,8H2,1-4H3. The Morgan fingerprint density at radius 3 is 2.65 bits per heavy atom. The highest BCUT2D eigenvalue weighted by Gasteiger charge is 2.14. The summed E-state index contributed by atoms with van der Waals surface area (Å²) in [5.41, 5.74) is 3.81. The van der Waals surface area contributed by atoms with Gasteiger partial charge in [-0.25, -0.2) is 9.78 Å².